The molecule has 43 heavy (non-hydrogen) atoms. The molecule has 2 aromatic heterocycles. The van der Waals surface area contributed by atoms with Crippen LogP contribution < -0.4 is 16.0 Å². The van der Waals surface area contributed by atoms with E-state index in [2.05, 4.69) is 32.9 Å². The Kier molecular flexibility index (Phi) is 7.10. The summed E-state index contributed by atoms with van der Waals surface area (Å²) in [5, 5.41) is 24.8. The van der Waals surface area contributed by atoms with E-state index in [-0.39, 0.29) is 35.9 Å². The summed E-state index contributed by atoms with van der Waals surface area (Å²) in [4.78, 5) is 24.7. The van der Waals surface area contributed by atoms with Crippen LogP contribution in [0.4, 0.5) is 17.2 Å². The predicted octanol–water partition coefficient (Wildman–Crippen LogP) is 4.99. The summed E-state index contributed by atoms with van der Waals surface area (Å²) in [7, 11) is 0. The molecule has 0 saturated carbocycles. The molecule has 0 spiro atoms. The average molecular weight is 580 g/mol. The largest absolute Gasteiger partial charge is 0.394 e. The fourth-order valence-corrected chi connectivity index (χ4v) is 6.68. The van der Waals surface area contributed by atoms with Crippen molar-refractivity contribution in [1.29, 1.82) is 0 Å². The first-order chi connectivity index (χ1) is 20.9. The second kappa shape index (κ2) is 11.1. The number of hydrogen-bond donors (Lipinski definition) is 4. The van der Waals surface area contributed by atoms with Crippen LogP contribution in [0.3, 0.4) is 0 Å². The number of nitrogens with zero attached hydrogens (tertiary/aromatic N) is 4. The van der Waals surface area contributed by atoms with E-state index in [0.717, 1.165) is 61.5 Å². The number of hydrogen-bond acceptors (Lipinski definition) is 9. The van der Waals surface area contributed by atoms with Gasteiger partial charge in [0.2, 0.25) is 0 Å². The molecule has 10 heteroatoms. The molecule has 4 N–H and O–H groups in total. The van der Waals surface area contributed by atoms with E-state index in [9.17, 15) is 9.90 Å². The van der Waals surface area contributed by atoms with Gasteiger partial charge in [0.05, 0.1) is 23.9 Å². The highest BCUT2D eigenvalue weighted by Crippen LogP contribution is 2.42. The first-order valence-corrected chi connectivity index (χ1v) is 15.1. The van der Waals surface area contributed by atoms with E-state index in [1.54, 1.807) is 6.20 Å². The molecular weight excluding hydrogens is 542 g/mol. The average Bonchev–Trinajstić information content (AvgIpc) is 3.55. The summed E-state index contributed by atoms with van der Waals surface area (Å²) in [6, 6.07) is 17.2. The van der Waals surface area contributed by atoms with Gasteiger partial charge in [0.25, 0.3) is 11.8 Å². The zero-order valence-electron chi connectivity index (χ0n) is 24.5. The third kappa shape index (κ3) is 5.14. The van der Waals surface area contributed by atoms with Gasteiger partial charge in [-0.15, -0.1) is 0 Å². The number of anilines is 3. The van der Waals surface area contributed by atoms with Gasteiger partial charge in [-0.1, -0.05) is 42.4 Å². The Balaban J connectivity index is 1.23. The lowest BCUT2D eigenvalue weighted by atomic mass is 9.71. The van der Waals surface area contributed by atoms with Crippen molar-refractivity contribution in [1.82, 2.24) is 25.3 Å². The fourth-order valence-electron chi connectivity index (χ4n) is 6.68. The molecule has 0 radical (unpaired) electrons. The lowest BCUT2D eigenvalue weighted by molar-refractivity contribution is 0.0747. The van der Waals surface area contributed by atoms with Gasteiger partial charge in [0.15, 0.2) is 5.82 Å². The van der Waals surface area contributed by atoms with E-state index in [0.29, 0.717) is 28.5 Å². The molecule has 3 saturated heterocycles. The van der Waals surface area contributed by atoms with Crippen molar-refractivity contribution in [2.45, 2.75) is 56.5 Å². The normalized spacial score (nSPS) is 25.1. The molecule has 4 aromatic rings. The smallest absolute Gasteiger partial charge is 0.261 e. The molecule has 2 unspecified atom stereocenters. The molecule has 3 atom stereocenters. The Hall–Kier alpha value is -4.28. The number of piperidine rings is 3. The summed E-state index contributed by atoms with van der Waals surface area (Å²) >= 11 is 0. The number of aromatic nitrogens is 3. The zero-order valence-corrected chi connectivity index (χ0v) is 24.5. The summed E-state index contributed by atoms with van der Waals surface area (Å²) in [6.45, 7) is 7.24. The van der Waals surface area contributed by atoms with Crippen LogP contribution in [0.2, 0.25) is 0 Å². The Morgan fingerprint density at radius 1 is 1.07 bits per heavy atom. The minimum absolute atomic E-state index is 0.0331. The van der Waals surface area contributed by atoms with Crippen LogP contribution in [0, 0.1) is 0 Å². The highest BCUT2D eigenvalue weighted by atomic mass is 16.5. The highest BCUT2D eigenvalue weighted by molar-refractivity contribution is 5.98. The monoisotopic (exact) mass is 579 g/mol. The summed E-state index contributed by atoms with van der Waals surface area (Å²) in [6.07, 6.45) is 4.86. The fraction of sp³-hybridized carbons (Fsp3) is 0.394. The Morgan fingerprint density at radius 2 is 1.84 bits per heavy atom. The van der Waals surface area contributed by atoms with Crippen LogP contribution in [0.25, 0.3) is 11.5 Å². The van der Waals surface area contributed by atoms with Crippen molar-refractivity contribution in [3.63, 3.8) is 0 Å². The molecule has 10 nitrogen and oxygen atoms in total. The molecule has 4 aliphatic rings. The molecule has 6 heterocycles. The van der Waals surface area contributed by atoms with Gasteiger partial charge >= 0.3 is 0 Å². The van der Waals surface area contributed by atoms with E-state index in [4.69, 9.17) is 14.5 Å². The molecule has 3 fully saturated rings. The van der Waals surface area contributed by atoms with Crippen molar-refractivity contribution in [2.24, 2.45) is 0 Å². The summed E-state index contributed by atoms with van der Waals surface area (Å²) < 4.78 is 5.89. The molecule has 222 valence electrons. The number of carbonyl (C=O) groups excluding carboxylic acids is 1. The first kappa shape index (κ1) is 27.5. The maximum atomic E-state index is 12.5. The number of aliphatic hydroxyl groups is 1. The summed E-state index contributed by atoms with van der Waals surface area (Å²) in [5.74, 6) is 1.93. The van der Waals surface area contributed by atoms with E-state index in [1.807, 2.05) is 61.5 Å². The van der Waals surface area contributed by atoms with E-state index >= 15 is 0 Å². The number of benzene rings is 2. The van der Waals surface area contributed by atoms with Crippen molar-refractivity contribution in [2.75, 3.05) is 36.9 Å². The third-order valence-electron chi connectivity index (χ3n) is 9.64. The quantitative estimate of drug-likeness (QED) is 0.228. The van der Waals surface area contributed by atoms with Gasteiger partial charge < -0.3 is 30.5 Å². The van der Waals surface area contributed by atoms with Gasteiger partial charge in [-0.2, -0.15) is 4.98 Å². The molecule has 0 aliphatic carbocycles. The Labute approximate surface area is 250 Å². The van der Waals surface area contributed by atoms with Gasteiger partial charge in [-0.3, -0.25) is 4.79 Å². The van der Waals surface area contributed by atoms with Crippen molar-refractivity contribution in [3.05, 3.63) is 83.3 Å². The number of aliphatic hydroxyl groups excluding tert-OH is 1. The topological polar surface area (TPSA) is 128 Å². The van der Waals surface area contributed by atoms with E-state index in [1.165, 1.54) is 0 Å². The number of fused-ring (bicyclic) bond motifs is 4. The van der Waals surface area contributed by atoms with Gasteiger partial charge in [0.1, 0.15) is 5.82 Å². The molecule has 8 rings (SSSR count). The second-order valence-corrected chi connectivity index (χ2v) is 12.2. The highest BCUT2D eigenvalue weighted by Gasteiger charge is 2.44. The Morgan fingerprint density at radius 3 is 2.58 bits per heavy atom. The third-order valence-corrected chi connectivity index (χ3v) is 9.64. The van der Waals surface area contributed by atoms with E-state index < -0.39 is 0 Å². The van der Waals surface area contributed by atoms with Crippen molar-refractivity contribution in [3.8, 4) is 11.5 Å². The molecular formula is C33H37N7O3. The maximum absolute atomic E-state index is 12.5. The minimum Gasteiger partial charge on any atom is -0.394 e. The SMILES string of the molecule is CC1NC(=O)c2ccc(Nc3cc(N[C@H](CO)c4ccccc4)c(-c4nc(C56CCN(CC5)CC6)no4)cn3)cc2C1C. The van der Waals surface area contributed by atoms with Gasteiger partial charge in [-0.05, 0) is 75.1 Å². The van der Waals surface area contributed by atoms with Gasteiger partial charge in [0, 0.05) is 40.9 Å². The second-order valence-electron chi connectivity index (χ2n) is 12.2. The number of amides is 1. The number of rotatable bonds is 8. The molecule has 2 aromatic carbocycles. The zero-order chi connectivity index (χ0) is 29.6. The lowest BCUT2D eigenvalue weighted by Crippen LogP contribution is -2.51. The number of nitrogens with one attached hydrogen (secondary N) is 3. The minimum atomic E-state index is -0.358. The molecule has 2 bridgehead atoms. The van der Waals surface area contributed by atoms with Crippen LogP contribution in [0.5, 0.6) is 0 Å². The van der Waals surface area contributed by atoms with Crippen molar-refractivity contribution < 1.29 is 14.4 Å². The molecule has 1 amide bonds. The Bertz CT molecular complexity index is 1620. The van der Waals surface area contributed by atoms with Crippen LogP contribution >= 0.6 is 0 Å². The number of carbonyl (C=O) groups is 1. The lowest BCUT2D eigenvalue weighted by Gasteiger charge is -2.46. The van der Waals surface area contributed by atoms with Crippen LogP contribution in [0.15, 0.2) is 65.3 Å². The first-order valence-electron chi connectivity index (χ1n) is 15.1. The molecule has 4 aliphatic heterocycles. The van der Waals surface area contributed by atoms with Crippen LogP contribution in [-0.2, 0) is 5.41 Å². The standard InChI is InChI=1S/C33H37N7O3/c1-20-21(2)35-30(42)24-9-8-23(16-25(20)24)36-29-17-27(37-28(19-41)22-6-4-3-5-7-22)26(18-34-29)31-38-32(39-43-31)33-10-13-40(14-11-33)15-12-33/h3-9,16-18,20-21,28,41H,10-15,19H2,1-2H3,(H,35,42)(H2,34,36,37)/t20?,21?,28-/m1/s1. The predicted molar refractivity (Wildman–Crippen MR) is 164 cm³/mol. The van der Waals surface area contributed by atoms with Crippen LogP contribution in [-0.4, -0.2) is 63.3 Å². The van der Waals surface area contributed by atoms with Crippen LogP contribution in [0.1, 0.15) is 72.4 Å². The maximum Gasteiger partial charge on any atom is 0.261 e. The number of pyridine rings is 1. The van der Waals surface area contributed by atoms with Gasteiger partial charge in [-0.25, -0.2) is 4.98 Å². The summed E-state index contributed by atoms with van der Waals surface area (Å²) in [5.41, 5.74) is 4.85. The van der Waals surface area contributed by atoms with Crippen molar-refractivity contribution >= 4 is 23.1 Å².